The lowest BCUT2D eigenvalue weighted by Gasteiger charge is -2.18. The summed E-state index contributed by atoms with van der Waals surface area (Å²) in [6, 6.07) is 3.76. The third-order valence-corrected chi connectivity index (χ3v) is 5.76. The molecule has 0 amide bonds. The molecular weight excluding hydrogens is 307 g/mol. The molecule has 2 rings (SSSR count). The fourth-order valence-electron chi connectivity index (χ4n) is 2.53. The summed E-state index contributed by atoms with van der Waals surface area (Å²) in [6.07, 6.45) is 0.359. The van der Waals surface area contributed by atoms with Gasteiger partial charge in [0.1, 0.15) is 5.82 Å². The molecular formula is C13H14ClFO4S. The van der Waals surface area contributed by atoms with Crippen LogP contribution in [0.15, 0.2) is 18.2 Å². The summed E-state index contributed by atoms with van der Waals surface area (Å²) in [4.78, 5) is 11.4. The van der Waals surface area contributed by atoms with Gasteiger partial charge in [0.15, 0.2) is 9.84 Å². The number of aliphatic carboxylic acids is 1. The molecule has 0 bridgehead atoms. The number of hydrogen-bond acceptors (Lipinski definition) is 3. The van der Waals surface area contributed by atoms with Gasteiger partial charge in [-0.15, -0.1) is 0 Å². The zero-order valence-corrected chi connectivity index (χ0v) is 12.1. The first kappa shape index (κ1) is 15.3. The van der Waals surface area contributed by atoms with Crippen molar-refractivity contribution >= 4 is 27.4 Å². The Kier molecular flexibility index (Phi) is 4.34. The third-order valence-electron chi connectivity index (χ3n) is 3.60. The van der Waals surface area contributed by atoms with Crippen molar-refractivity contribution < 1.29 is 22.7 Å². The fourth-order valence-corrected chi connectivity index (χ4v) is 4.61. The van der Waals surface area contributed by atoms with E-state index in [1.54, 1.807) is 0 Å². The van der Waals surface area contributed by atoms with Crippen LogP contribution in [0.4, 0.5) is 4.39 Å². The minimum absolute atomic E-state index is 0.0122. The molecule has 1 fully saturated rings. The summed E-state index contributed by atoms with van der Waals surface area (Å²) in [7, 11) is -3.15. The molecule has 1 aliphatic heterocycles. The van der Waals surface area contributed by atoms with Gasteiger partial charge in [-0.05, 0) is 42.5 Å². The van der Waals surface area contributed by atoms with Crippen molar-refractivity contribution in [3.63, 3.8) is 0 Å². The highest BCUT2D eigenvalue weighted by Gasteiger charge is 2.37. The predicted molar refractivity (Wildman–Crippen MR) is 73.0 cm³/mol. The molecule has 0 radical (unpaired) electrons. The molecule has 4 nitrogen and oxygen atoms in total. The number of carbonyl (C=O) groups is 1. The minimum Gasteiger partial charge on any atom is -0.481 e. The van der Waals surface area contributed by atoms with Gasteiger partial charge in [-0.3, -0.25) is 4.79 Å². The Labute approximate surface area is 121 Å². The Balaban J connectivity index is 2.22. The van der Waals surface area contributed by atoms with E-state index in [2.05, 4.69) is 0 Å². The molecule has 1 aliphatic rings. The molecule has 0 aliphatic carbocycles. The van der Waals surface area contributed by atoms with Gasteiger partial charge in [-0.25, -0.2) is 12.8 Å². The van der Waals surface area contributed by atoms with Crippen molar-refractivity contribution in [1.29, 1.82) is 0 Å². The second-order valence-corrected chi connectivity index (χ2v) is 7.68. The summed E-state index contributed by atoms with van der Waals surface area (Å²) in [6.45, 7) is 0. The van der Waals surface area contributed by atoms with E-state index in [1.807, 2.05) is 0 Å². The predicted octanol–water partition coefficient (Wildman–Crippen LogP) is 2.16. The molecule has 2 unspecified atom stereocenters. The van der Waals surface area contributed by atoms with E-state index in [0.29, 0.717) is 17.0 Å². The maximum absolute atomic E-state index is 13.2. The fraction of sp³-hybridized carbons (Fsp3) is 0.462. The number of carboxylic acid groups (broad SMARTS) is 1. The second kappa shape index (κ2) is 5.69. The Morgan fingerprint density at radius 1 is 1.50 bits per heavy atom. The Bertz CT molecular complexity index is 629. The topological polar surface area (TPSA) is 71.4 Å². The normalized spacial score (nSPS) is 22.6. The van der Waals surface area contributed by atoms with Crippen molar-refractivity contribution in [3.05, 3.63) is 34.6 Å². The van der Waals surface area contributed by atoms with Gasteiger partial charge in [0, 0.05) is 5.02 Å². The number of rotatable bonds is 4. The number of benzene rings is 1. The first-order chi connectivity index (χ1) is 9.28. The largest absolute Gasteiger partial charge is 0.481 e. The van der Waals surface area contributed by atoms with Crippen molar-refractivity contribution in [2.24, 2.45) is 11.8 Å². The quantitative estimate of drug-likeness (QED) is 0.922. The molecule has 1 saturated heterocycles. The molecule has 0 aromatic heterocycles. The van der Waals surface area contributed by atoms with Gasteiger partial charge in [-0.1, -0.05) is 11.6 Å². The van der Waals surface area contributed by atoms with Crippen LogP contribution in [0.25, 0.3) is 0 Å². The smallest absolute Gasteiger partial charge is 0.307 e. The van der Waals surface area contributed by atoms with E-state index in [4.69, 9.17) is 11.6 Å². The van der Waals surface area contributed by atoms with Gasteiger partial charge < -0.3 is 5.11 Å². The Hall–Kier alpha value is -1.14. The molecule has 20 heavy (non-hydrogen) atoms. The first-order valence-corrected chi connectivity index (χ1v) is 8.35. The summed E-state index contributed by atoms with van der Waals surface area (Å²) in [5.74, 6) is -3.00. The Morgan fingerprint density at radius 2 is 2.20 bits per heavy atom. The van der Waals surface area contributed by atoms with Crippen LogP contribution in [0.3, 0.4) is 0 Å². The SMILES string of the molecule is O=C(O)C(Cc1cc(F)ccc1Cl)C1CCS(=O)(=O)C1. The van der Waals surface area contributed by atoms with E-state index in [9.17, 15) is 22.7 Å². The molecule has 110 valence electrons. The van der Waals surface area contributed by atoms with Crippen molar-refractivity contribution in [2.45, 2.75) is 12.8 Å². The molecule has 1 aromatic carbocycles. The first-order valence-electron chi connectivity index (χ1n) is 6.15. The van der Waals surface area contributed by atoms with E-state index in [1.165, 1.54) is 18.2 Å². The lowest BCUT2D eigenvalue weighted by molar-refractivity contribution is -0.143. The number of halogens is 2. The van der Waals surface area contributed by atoms with Crippen LogP contribution in [-0.2, 0) is 21.1 Å². The standard InChI is InChI=1S/C13H14ClFO4S/c14-12-2-1-10(15)5-9(12)6-11(13(16)17)8-3-4-20(18,19)7-8/h1-2,5,8,11H,3-4,6-7H2,(H,16,17). The summed E-state index contributed by atoms with van der Waals surface area (Å²) in [5.41, 5.74) is 0.392. The van der Waals surface area contributed by atoms with Crippen molar-refractivity contribution in [1.82, 2.24) is 0 Å². The van der Waals surface area contributed by atoms with Crippen LogP contribution in [0.2, 0.25) is 5.02 Å². The summed E-state index contributed by atoms with van der Waals surface area (Å²) < 4.78 is 36.1. The molecule has 0 saturated carbocycles. The van der Waals surface area contributed by atoms with Gasteiger partial charge in [0.2, 0.25) is 0 Å². The number of hydrogen-bond donors (Lipinski definition) is 1. The second-order valence-electron chi connectivity index (χ2n) is 5.05. The van der Waals surface area contributed by atoms with E-state index in [0.717, 1.165) is 0 Å². The van der Waals surface area contributed by atoms with E-state index in [-0.39, 0.29) is 17.9 Å². The maximum Gasteiger partial charge on any atom is 0.307 e. The molecule has 2 atom stereocenters. The highest BCUT2D eigenvalue weighted by Crippen LogP contribution is 2.31. The number of carboxylic acids is 1. The monoisotopic (exact) mass is 320 g/mol. The van der Waals surface area contributed by atoms with E-state index < -0.39 is 33.5 Å². The van der Waals surface area contributed by atoms with Gasteiger partial charge >= 0.3 is 5.97 Å². The highest BCUT2D eigenvalue weighted by molar-refractivity contribution is 7.91. The van der Waals surface area contributed by atoms with Crippen LogP contribution in [-0.4, -0.2) is 31.0 Å². The van der Waals surface area contributed by atoms with E-state index >= 15 is 0 Å². The van der Waals surface area contributed by atoms with Gasteiger partial charge in [0.25, 0.3) is 0 Å². The molecule has 1 N–H and O–H groups in total. The average molecular weight is 321 g/mol. The van der Waals surface area contributed by atoms with Crippen LogP contribution in [0.5, 0.6) is 0 Å². The van der Waals surface area contributed by atoms with Crippen molar-refractivity contribution in [2.75, 3.05) is 11.5 Å². The lowest BCUT2D eigenvalue weighted by atomic mass is 9.86. The molecule has 1 aromatic rings. The highest BCUT2D eigenvalue weighted by atomic mass is 35.5. The zero-order valence-electron chi connectivity index (χ0n) is 10.6. The average Bonchev–Trinajstić information content (AvgIpc) is 2.70. The molecule has 7 heteroatoms. The summed E-state index contributed by atoms with van der Waals surface area (Å²) in [5, 5.41) is 9.58. The van der Waals surface area contributed by atoms with Gasteiger partial charge in [0.05, 0.1) is 17.4 Å². The van der Waals surface area contributed by atoms with Crippen molar-refractivity contribution in [3.8, 4) is 0 Å². The zero-order chi connectivity index (χ0) is 14.9. The summed E-state index contributed by atoms with van der Waals surface area (Å²) >= 11 is 5.93. The maximum atomic E-state index is 13.2. The van der Waals surface area contributed by atoms with Crippen LogP contribution < -0.4 is 0 Å². The number of sulfone groups is 1. The van der Waals surface area contributed by atoms with Crippen LogP contribution in [0.1, 0.15) is 12.0 Å². The minimum atomic E-state index is -3.15. The van der Waals surface area contributed by atoms with Crippen LogP contribution in [0, 0.1) is 17.7 Å². The third kappa shape index (κ3) is 3.49. The Morgan fingerprint density at radius 3 is 2.75 bits per heavy atom. The van der Waals surface area contributed by atoms with Crippen LogP contribution >= 0.6 is 11.6 Å². The molecule has 0 spiro atoms. The van der Waals surface area contributed by atoms with Gasteiger partial charge in [-0.2, -0.15) is 0 Å². The lowest BCUT2D eigenvalue weighted by Crippen LogP contribution is -2.27. The molecule has 1 heterocycles.